The van der Waals surface area contributed by atoms with E-state index in [4.69, 9.17) is 9.47 Å². The van der Waals surface area contributed by atoms with E-state index in [1.807, 2.05) is 44.2 Å². The van der Waals surface area contributed by atoms with Crippen LogP contribution >= 0.6 is 0 Å². The molecule has 1 aliphatic carbocycles. The van der Waals surface area contributed by atoms with E-state index in [0.29, 0.717) is 13.0 Å². The first kappa shape index (κ1) is 23.6. The number of ether oxygens (including phenoxy) is 2. The average Bonchev–Trinajstić information content (AvgIpc) is 2.80. The van der Waals surface area contributed by atoms with Crippen LogP contribution < -0.4 is 14.8 Å². The molecule has 2 aromatic rings. The van der Waals surface area contributed by atoms with Crippen molar-refractivity contribution in [3.8, 4) is 11.5 Å². The highest BCUT2D eigenvalue weighted by Crippen LogP contribution is 2.51. The van der Waals surface area contributed by atoms with Crippen molar-refractivity contribution in [1.82, 2.24) is 4.90 Å². The van der Waals surface area contributed by atoms with Crippen molar-refractivity contribution in [3.63, 3.8) is 0 Å². The number of anilines is 1. The minimum Gasteiger partial charge on any atom is -0.497 e. The molecular weight excluding hydrogens is 416 g/mol. The van der Waals surface area contributed by atoms with Crippen molar-refractivity contribution < 1.29 is 19.4 Å². The molecule has 0 radical (unpaired) electrons. The zero-order valence-electron chi connectivity index (χ0n) is 20.2. The summed E-state index contributed by atoms with van der Waals surface area (Å²) >= 11 is 0. The lowest BCUT2D eigenvalue weighted by Crippen LogP contribution is -2.56. The summed E-state index contributed by atoms with van der Waals surface area (Å²) in [4.78, 5) is 15.3. The number of aryl methyl sites for hydroxylation is 2. The molecule has 0 aromatic heterocycles. The van der Waals surface area contributed by atoms with Crippen LogP contribution in [0, 0.1) is 19.8 Å². The van der Waals surface area contributed by atoms with Gasteiger partial charge in [0.2, 0.25) is 5.91 Å². The fraction of sp³-hybridized carbons (Fsp3) is 0.519. The van der Waals surface area contributed by atoms with Gasteiger partial charge in [-0.25, -0.2) is 0 Å². The largest absolute Gasteiger partial charge is 0.497 e. The van der Waals surface area contributed by atoms with Crippen molar-refractivity contribution in [1.29, 1.82) is 0 Å². The molecular formula is C27H36N2O4. The topological polar surface area (TPSA) is 71.0 Å². The first-order valence-electron chi connectivity index (χ1n) is 11.9. The van der Waals surface area contributed by atoms with E-state index < -0.39 is 5.60 Å². The van der Waals surface area contributed by atoms with E-state index in [-0.39, 0.29) is 24.4 Å². The highest BCUT2D eigenvalue weighted by Gasteiger charge is 2.50. The highest BCUT2D eigenvalue weighted by atomic mass is 16.5. The Morgan fingerprint density at radius 3 is 2.67 bits per heavy atom. The van der Waals surface area contributed by atoms with Crippen molar-refractivity contribution in [2.75, 3.05) is 32.6 Å². The molecule has 2 fully saturated rings. The van der Waals surface area contributed by atoms with Gasteiger partial charge in [-0.15, -0.1) is 0 Å². The Kier molecular flexibility index (Phi) is 6.96. The summed E-state index contributed by atoms with van der Waals surface area (Å²) in [6, 6.07) is 11.7. The standard InChI is InChI=1S/C27H36N2O4/c1-18-8-10-23(19(2)15-18)28-25(30)17-29-14-13-27(31)12-6-5-7-22(27)26(29)21-16-20(32-3)9-11-24(21)33-4/h8-11,15-16,22,26,31H,5-7,12-14,17H2,1-4H3,(H,28,30)/t22-,26+,27+/m0/s1. The zero-order valence-corrected chi connectivity index (χ0v) is 20.2. The van der Waals surface area contributed by atoms with Crippen LogP contribution in [-0.2, 0) is 4.79 Å². The summed E-state index contributed by atoms with van der Waals surface area (Å²) in [5.74, 6) is 1.50. The lowest BCUT2D eigenvalue weighted by Gasteiger charge is -2.52. The maximum atomic E-state index is 13.1. The Morgan fingerprint density at radius 2 is 1.94 bits per heavy atom. The summed E-state index contributed by atoms with van der Waals surface area (Å²) in [7, 11) is 3.32. The number of hydrogen-bond acceptors (Lipinski definition) is 5. The van der Waals surface area contributed by atoms with Gasteiger partial charge in [0, 0.05) is 29.8 Å². The lowest BCUT2D eigenvalue weighted by atomic mass is 9.66. The van der Waals surface area contributed by atoms with Crippen LogP contribution in [0.1, 0.15) is 54.8 Å². The van der Waals surface area contributed by atoms with E-state index in [2.05, 4.69) is 16.3 Å². The molecule has 2 aliphatic rings. The van der Waals surface area contributed by atoms with Gasteiger partial charge in [-0.05, 0) is 62.9 Å². The van der Waals surface area contributed by atoms with Crippen LogP contribution in [0.3, 0.4) is 0 Å². The summed E-state index contributed by atoms with van der Waals surface area (Å²) < 4.78 is 11.2. The molecule has 0 bridgehead atoms. The number of piperidine rings is 1. The molecule has 1 heterocycles. The molecule has 33 heavy (non-hydrogen) atoms. The third-order valence-corrected chi connectivity index (χ3v) is 7.43. The maximum Gasteiger partial charge on any atom is 0.238 e. The molecule has 4 rings (SSSR count). The number of fused-ring (bicyclic) bond motifs is 1. The molecule has 3 atom stereocenters. The second kappa shape index (κ2) is 9.74. The molecule has 0 unspecified atom stereocenters. The van der Waals surface area contributed by atoms with Gasteiger partial charge in [0.05, 0.1) is 26.4 Å². The van der Waals surface area contributed by atoms with Crippen molar-refractivity contribution in [2.24, 2.45) is 5.92 Å². The Balaban J connectivity index is 1.65. The average molecular weight is 453 g/mol. The second-order valence-corrected chi connectivity index (χ2v) is 9.60. The number of nitrogens with one attached hydrogen (secondary N) is 1. The Hall–Kier alpha value is -2.57. The molecule has 6 heteroatoms. The van der Waals surface area contributed by atoms with Gasteiger partial charge in [-0.1, -0.05) is 30.5 Å². The highest BCUT2D eigenvalue weighted by molar-refractivity contribution is 5.93. The van der Waals surface area contributed by atoms with Gasteiger partial charge in [-0.3, -0.25) is 9.69 Å². The molecule has 1 saturated carbocycles. The van der Waals surface area contributed by atoms with Crippen LogP contribution in [0.5, 0.6) is 11.5 Å². The number of aliphatic hydroxyl groups is 1. The fourth-order valence-corrected chi connectivity index (χ4v) is 5.73. The minimum atomic E-state index is -0.711. The molecule has 1 amide bonds. The van der Waals surface area contributed by atoms with E-state index >= 15 is 0 Å². The third kappa shape index (κ3) is 4.87. The Labute approximate surface area is 196 Å². The molecule has 1 aliphatic heterocycles. The van der Waals surface area contributed by atoms with E-state index in [1.54, 1.807) is 14.2 Å². The van der Waals surface area contributed by atoms with E-state index in [9.17, 15) is 9.90 Å². The Morgan fingerprint density at radius 1 is 1.12 bits per heavy atom. The number of carbonyl (C=O) groups excluding carboxylic acids is 1. The van der Waals surface area contributed by atoms with Crippen LogP contribution in [-0.4, -0.2) is 48.8 Å². The fourth-order valence-electron chi connectivity index (χ4n) is 5.73. The summed E-state index contributed by atoms with van der Waals surface area (Å²) in [6.07, 6.45) is 4.54. The van der Waals surface area contributed by atoms with Crippen molar-refractivity contribution >= 4 is 11.6 Å². The monoisotopic (exact) mass is 452 g/mol. The first-order valence-corrected chi connectivity index (χ1v) is 11.9. The predicted octanol–water partition coefficient (Wildman–Crippen LogP) is 4.63. The molecule has 1 saturated heterocycles. The number of nitrogens with zero attached hydrogens (tertiary/aromatic N) is 1. The quantitative estimate of drug-likeness (QED) is 0.669. The molecule has 2 aromatic carbocycles. The van der Waals surface area contributed by atoms with Crippen LogP contribution in [0.4, 0.5) is 5.69 Å². The van der Waals surface area contributed by atoms with Gasteiger partial charge in [-0.2, -0.15) is 0 Å². The molecule has 178 valence electrons. The number of hydrogen-bond donors (Lipinski definition) is 2. The minimum absolute atomic E-state index is 0.0370. The van der Waals surface area contributed by atoms with Crippen LogP contribution in [0.25, 0.3) is 0 Å². The number of benzene rings is 2. The number of rotatable bonds is 6. The van der Waals surface area contributed by atoms with E-state index in [0.717, 1.165) is 54.0 Å². The second-order valence-electron chi connectivity index (χ2n) is 9.60. The van der Waals surface area contributed by atoms with Crippen LogP contribution in [0.15, 0.2) is 36.4 Å². The van der Waals surface area contributed by atoms with E-state index in [1.165, 1.54) is 5.56 Å². The number of methoxy groups -OCH3 is 2. The zero-order chi connectivity index (χ0) is 23.6. The van der Waals surface area contributed by atoms with Gasteiger partial charge >= 0.3 is 0 Å². The predicted molar refractivity (Wildman–Crippen MR) is 130 cm³/mol. The smallest absolute Gasteiger partial charge is 0.238 e. The van der Waals surface area contributed by atoms with Crippen LogP contribution in [0.2, 0.25) is 0 Å². The molecule has 6 nitrogen and oxygen atoms in total. The SMILES string of the molecule is COc1ccc(OC)c([C@@H]2[C@@H]3CCCC[C@@]3(O)CCN2CC(=O)Nc2ccc(C)cc2C)c1. The van der Waals surface area contributed by atoms with Crippen molar-refractivity contribution in [3.05, 3.63) is 53.1 Å². The van der Waals surface area contributed by atoms with Gasteiger partial charge in [0.25, 0.3) is 0 Å². The van der Waals surface area contributed by atoms with Gasteiger partial charge in [0.1, 0.15) is 11.5 Å². The summed E-state index contributed by atoms with van der Waals surface area (Å²) in [5.41, 5.74) is 3.32. The Bertz CT molecular complexity index is 1010. The number of amides is 1. The summed E-state index contributed by atoms with van der Waals surface area (Å²) in [5, 5.41) is 14.7. The summed E-state index contributed by atoms with van der Waals surface area (Å²) in [6.45, 7) is 4.96. The maximum absolute atomic E-state index is 13.1. The van der Waals surface area contributed by atoms with Crippen molar-refractivity contribution in [2.45, 2.75) is 57.6 Å². The normalized spacial score (nSPS) is 25.2. The number of likely N-dealkylation sites (tertiary alicyclic amines) is 1. The molecule has 0 spiro atoms. The lowest BCUT2D eigenvalue weighted by molar-refractivity contribution is -0.135. The van der Waals surface area contributed by atoms with Gasteiger partial charge < -0.3 is 19.9 Å². The molecule has 2 N–H and O–H groups in total. The van der Waals surface area contributed by atoms with Gasteiger partial charge in [0.15, 0.2) is 0 Å². The first-order chi connectivity index (χ1) is 15.8. The third-order valence-electron chi connectivity index (χ3n) is 7.43. The number of carbonyl (C=O) groups is 1.